The van der Waals surface area contributed by atoms with Gasteiger partial charge in [-0.1, -0.05) is 42.5 Å². The molecule has 0 unspecified atom stereocenters. The van der Waals surface area contributed by atoms with E-state index >= 15 is 0 Å². The molecule has 0 atom stereocenters. The molecule has 20 heavy (non-hydrogen) atoms. The summed E-state index contributed by atoms with van der Waals surface area (Å²) in [5.74, 6) is 0. The van der Waals surface area contributed by atoms with Crippen LogP contribution in [-0.2, 0) is 0 Å². The summed E-state index contributed by atoms with van der Waals surface area (Å²) in [6.07, 6.45) is 7.37. The van der Waals surface area contributed by atoms with Gasteiger partial charge >= 0.3 is 0 Å². The maximum atomic E-state index is 3.40. The number of rotatable bonds is 4. The van der Waals surface area contributed by atoms with Gasteiger partial charge < -0.3 is 10.3 Å². The van der Waals surface area contributed by atoms with Crippen LogP contribution in [0.3, 0.4) is 0 Å². The van der Waals surface area contributed by atoms with E-state index < -0.39 is 0 Å². The van der Waals surface area contributed by atoms with E-state index in [1.807, 2.05) is 19.1 Å². The molecule has 3 nitrogen and oxygen atoms in total. The Balaban J connectivity index is 2.49. The summed E-state index contributed by atoms with van der Waals surface area (Å²) in [4.78, 5) is 2.19. The van der Waals surface area contributed by atoms with E-state index in [9.17, 15) is 0 Å². The lowest BCUT2D eigenvalue weighted by Gasteiger charge is -2.27. The maximum absolute atomic E-state index is 3.40. The molecule has 0 spiro atoms. The summed E-state index contributed by atoms with van der Waals surface area (Å²) in [5, 5.41) is 1.98. The van der Waals surface area contributed by atoms with E-state index in [1.165, 1.54) is 16.8 Å². The van der Waals surface area contributed by atoms with Crippen LogP contribution in [0.2, 0.25) is 0 Å². The molecule has 1 aliphatic carbocycles. The van der Waals surface area contributed by atoms with Crippen LogP contribution in [0.15, 0.2) is 59.8 Å². The number of nitrogens with one attached hydrogen (secondary N) is 1. The molecule has 1 aromatic rings. The summed E-state index contributed by atoms with van der Waals surface area (Å²) < 4.78 is 0. The van der Waals surface area contributed by atoms with E-state index in [0.717, 1.165) is 12.1 Å². The van der Waals surface area contributed by atoms with Crippen molar-refractivity contribution in [1.82, 2.24) is 15.3 Å². The average molecular weight is 269 g/mol. The Morgan fingerprint density at radius 2 is 1.75 bits per heavy atom. The topological polar surface area (TPSA) is 18.5 Å². The molecule has 0 amide bonds. The fourth-order valence-electron chi connectivity index (χ4n) is 2.43. The minimum absolute atomic E-state index is 0.940. The van der Waals surface area contributed by atoms with Crippen LogP contribution < -0.4 is 5.43 Å². The van der Waals surface area contributed by atoms with E-state index in [0.29, 0.717) is 0 Å². The maximum Gasteiger partial charge on any atom is 0.0545 e. The van der Waals surface area contributed by atoms with Crippen molar-refractivity contribution in [3.05, 3.63) is 65.4 Å². The van der Waals surface area contributed by atoms with Crippen molar-refractivity contribution < 1.29 is 0 Å². The second kappa shape index (κ2) is 6.44. The molecule has 0 saturated heterocycles. The van der Waals surface area contributed by atoms with Gasteiger partial charge in [0.15, 0.2) is 0 Å². The zero-order valence-electron chi connectivity index (χ0n) is 12.7. The minimum Gasteiger partial charge on any atom is -0.377 e. The Morgan fingerprint density at radius 3 is 2.35 bits per heavy atom. The number of hydrogen-bond acceptors (Lipinski definition) is 3. The second-order valence-corrected chi connectivity index (χ2v) is 5.31. The molecule has 1 aliphatic rings. The Labute approximate surface area is 121 Å². The van der Waals surface area contributed by atoms with E-state index in [1.54, 1.807) is 0 Å². The highest BCUT2D eigenvalue weighted by Gasteiger charge is 2.16. The van der Waals surface area contributed by atoms with Gasteiger partial charge in [0.1, 0.15) is 0 Å². The Bertz CT molecular complexity index is 537. The van der Waals surface area contributed by atoms with Crippen LogP contribution in [0.25, 0.3) is 5.70 Å². The third kappa shape index (κ3) is 3.31. The third-order valence-electron chi connectivity index (χ3n) is 3.17. The molecule has 1 aromatic carbocycles. The van der Waals surface area contributed by atoms with Crippen molar-refractivity contribution in [2.45, 2.75) is 6.42 Å². The van der Waals surface area contributed by atoms with Crippen molar-refractivity contribution in [2.75, 3.05) is 28.2 Å². The number of nitrogens with zero attached hydrogens (tertiary/aromatic N) is 2. The van der Waals surface area contributed by atoms with Gasteiger partial charge in [0.05, 0.1) is 5.70 Å². The monoisotopic (exact) mass is 269 g/mol. The number of hydrogen-bond donors (Lipinski definition) is 1. The van der Waals surface area contributed by atoms with Crippen molar-refractivity contribution in [2.24, 2.45) is 0 Å². The van der Waals surface area contributed by atoms with Crippen LogP contribution in [0.4, 0.5) is 0 Å². The largest absolute Gasteiger partial charge is 0.377 e. The first-order valence-electron chi connectivity index (χ1n) is 6.86. The zero-order valence-corrected chi connectivity index (χ0v) is 12.7. The van der Waals surface area contributed by atoms with Gasteiger partial charge in [-0.2, -0.15) is 0 Å². The average Bonchev–Trinajstić information content (AvgIpc) is 2.41. The van der Waals surface area contributed by atoms with Gasteiger partial charge in [-0.25, -0.2) is 5.01 Å². The van der Waals surface area contributed by atoms with Crippen molar-refractivity contribution in [1.29, 1.82) is 0 Å². The molecule has 0 radical (unpaired) electrons. The third-order valence-corrected chi connectivity index (χ3v) is 3.17. The predicted octanol–water partition coefficient (Wildman–Crippen LogP) is 2.87. The predicted molar refractivity (Wildman–Crippen MR) is 85.7 cm³/mol. The molecule has 106 valence electrons. The van der Waals surface area contributed by atoms with Crippen molar-refractivity contribution >= 4 is 5.70 Å². The first kappa shape index (κ1) is 14.4. The molecule has 3 heteroatoms. The smallest absolute Gasteiger partial charge is 0.0545 e. The lowest BCUT2D eigenvalue weighted by Crippen LogP contribution is -2.31. The Morgan fingerprint density at radius 1 is 1.05 bits per heavy atom. The highest BCUT2D eigenvalue weighted by Crippen LogP contribution is 2.29. The summed E-state index contributed by atoms with van der Waals surface area (Å²) in [6.45, 7) is 0. The molecule has 0 aromatic heterocycles. The molecule has 0 saturated carbocycles. The summed E-state index contributed by atoms with van der Waals surface area (Å²) in [6, 6.07) is 10.5. The van der Waals surface area contributed by atoms with Crippen LogP contribution in [0, 0.1) is 0 Å². The number of benzene rings is 1. The van der Waals surface area contributed by atoms with Crippen LogP contribution in [-0.4, -0.2) is 38.1 Å². The van der Waals surface area contributed by atoms with Gasteiger partial charge in [0, 0.05) is 39.5 Å². The van der Waals surface area contributed by atoms with E-state index in [4.69, 9.17) is 0 Å². The standard InChI is InChI=1S/C17H23N3/c1-19(2)17(14-10-6-5-7-11-14)15-12-8-9-13-16(15)18-20(3)4/h5-11,13,18H,12H2,1-4H3. The molecule has 0 fully saturated rings. The summed E-state index contributed by atoms with van der Waals surface area (Å²) in [7, 11) is 8.21. The Hall–Kier alpha value is -2.00. The summed E-state index contributed by atoms with van der Waals surface area (Å²) >= 11 is 0. The van der Waals surface area contributed by atoms with Gasteiger partial charge in [-0.3, -0.25) is 0 Å². The quantitative estimate of drug-likeness (QED) is 0.848. The van der Waals surface area contributed by atoms with Crippen molar-refractivity contribution in [3.8, 4) is 0 Å². The molecular weight excluding hydrogens is 246 g/mol. The normalized spacial score (nSPS) is 16.9. The van der Waals surface area contributed by atoms with Crippen LogP contribution >= 0.6 is 0 Å². The second-order valence-electron chi connectivity index (χ2n) is 5.31. The lowest BCUT2D eigenvalue weighted by molar-refractivity contribution is 0.329. The molecule has 0 aliphatic heterocycles. The zero-order chi connectivity index (χ0) is 14.5. The molecule has 1 N–H and O–H groups in total. The van der Waals surface area contributed by atoms with Gasteiger partial charge in [0.25, 0.3) is 0 Å². The molecular formula is C17H23N3. The SMILES string of the molecule is CN(C)NC1=CC=CCC1=C(c1ccccc1)N(C)C. The van der Waals surface area contributed by atoms with Crippen LogP contribution in [0.1, 0.15) is 12.0 Å². The van der Waals surface area contributed by atoms with E-state index in [-0.39, 0.29) is 0 Å². The molecule has 0 heterocycles. The van der Waals surface area contributed by atoms with Gasteiger partial charge in [0.2, 0.25) is 0 Å². The first-order chi connectivity index (χ1) is 9.59. The minimum atomic E-state index is 0.940. The van der Waals surface area contributed by atoms with Gasteiger partial charge in [-0.15, -0.1) is 0 Å². The fourth-order valence-corrected chi connectivity index (χ4v) is 2.43. The highest BCUT2D eigenvalue weighted by atomic mass is 15.5. The lowest BCUT2D eigenvalue weighted by atomic mass is 9.97. The van der Waals surface area contributed by atoms with Gasteiger partial charge in [-0.05, 0) is 18.1 Å². The molecule has 2 rings (SSSR count). The summed E-state index contributed by atoms with van der Waals surface area (Å²) in [5.41, 5.74) is 8.37. The fraction of sp³-hybridized carbons (Fsp3) is 0.294. The Kier molecular flexibility index (Phi) is 4.64. The van der Waals surface area contributed by atoms with Crippen molar-refractivity contribution in [3.63, 3.8) is 0 Å². The highest BCUT2D eigenvalue weighted by molar-refractivity contribution is 5.71. The van der Waals surface area contributed by atoms with E-state index in [2.05, 4.69) is 73.0 Å². The number of allylic oxidation sites excluding steroid dienone is 4. The van der Waals surface area contributed by atoms with Crippen LogP contribution in [0.5, 0.6) is 0 Å². The molecule has 0 bridgehead atoms. The first-order valence-corrected chi connectivity index (χ1v) is 6.86. The number of hydrazine groups is 1.